The number of halogens is 2. The second-order valence-electron chi connectivity index (χ2n) is 3.85. The predicted octanol–water partition coefficient (Wildman–Crippen LogP) is 4.28. The molecule has 0 aliphatic rings. The number of ether oxygens (including phenoxy) is 2. The van der Waals surface area contributed by atoms with Crippen molar-refractivity contribution < 1.29 is 19.4 Å². The summed E-state index contributed by atoms with van der Waals surface area (Å²) >= 11 is 11.6. The standard InChI is InChI=1S/C14H10Cl2O4/c1-19-14(18)8-2-4-9(5-3-8)20-10-6-11(15)13(17)12(16)7-10/h2-7,17H,1H3. The van der Waals surface area contributed by atoms with Gasteiger partial charge in [0.25, 0.3) is 0 Å². The third-order valence-corrected chi connectivity index (χ3v) is 3.08. The number of aromatic hydroxyl groups is 1. The zero-order valence-electron chi connectivity index (χ0n) is 10.4. The van der Waals surface area contributed by atoms with E-state index < -0.39 is 5.97 Å². The molecule has 2 aromatic rings. The Morgan fingerprint density at radius 3 is 2.10 bits per heavy atom. The molecule has 0 spiro atoms. The molecule has 0 saturated carbocycles. The minimum absolute atomic E-state index is 0.0960. The molecule has 0 radical (unpaired) electrons. The molecule has 0 atom stereocenters. The number of carbonyl (C=O) groups excluding carboxylic acids is 1. The van der Waals surface area contributed by atoms with Crippen LogP contribution in [0.15, 0.2) is 36.4 Å². The first kappa shape index (κ1) is 14.5. The van der Waals surface area contributed by atoms with Crippen LogP contribution in [0.5, 0.6) is 17.2 Å². The smallest absolute Gasteiger partial charge is 0.337 e. The van der Waals surface area contributed by atoms with E-state index in [4.69, 9.17) is 27.9 Å². The lowest BCUT2D eigenvalue weighted by molar-refractivity contribution is 0.0600. The average Bonchev–Trinajstić information content (AvgIpc) is 2.44. The van der Waals surface area contributed by atoms with Crippen LogP contribution in [0, 0.1) is 0 Å². The van der Waals surface area contributed by atoms with Crippen LogP contribution in [0.25, 0.3) is 0 Å². The van der Waals surface area contributed by atoms with Gasteiger partial charge in [-0.05, 0) is 24.3 Å². The molecule has 0 aliphatic heterocycles. The maximum Gasteiger partial charge on any atom is 0.337 e. The Hall–Kier alpha value is -1.91. The normalized spacial score (nSPS) is 10.2. The van der Waals surface area contributed by atoms with Gasteiger partial charge in [0.05, 0.1) is 22.7 Å². The van der Waals surface area contributed by atoms with Crippen molar-refractivity contribution in [2.45, 2.75) is 0 Å². The van der Waals surface area contributed by atoms with Gasteiger partial charge < -0.3 is 14.6 Å². The average molecular weight is 313 g/mol. The summed E-state index contributed by atoms with van der Waals surface area (Å²) in [7, 11) is 1.31. The van der Waals surface area contributed by atoms with Crippen LogP contribution in [0.4, 0.5) is 0 Å². The van der Waals surface area contributed by atoms with Crippen LogP contribution in [-0.4, -0.2) is 18.2 Å². The molecule has 0 fully saturated rings. The van der Waals surface area contributed by atoms with E-state index in [1.807, 2.05) is 0 Å². The number of carbonyl (C=O) groups is 1. The fourth-order valence-electron chi connectivity index (χ4n) is 1.51. The van der Waals surface area contributed by atoms with E-state index in [0.717, 1.165) is 0 Å². The van der Waals surface area contributed by atoms with Crippen LogP contribution in [0.2, 0.25) is 10.0 Å². The minimum Gasteiger partial charge on any atom is -0.505 e. The molecule has 0 bridgehead atoms. The van der Waals surface area contributed by atoms with Crippen molar-refractivity contribution in [3.05, 3.63) is 52.0 Å². The van der Waals surface area contributed by atoms with Crippen molar-refractivity contribution in [1.29, 1.82) is 0 Å². The van der Waals surface area contributed by atoms with Gasteiger partial charge >= 0.3 is 5.97 Å². The number of hydrogen-bond acceptors (Lipinski definition) is 4. The van der Waals surface area contributed by atoms with Gasteiger partial charge in [-0.1, -0.05) is 23.2 Å². The van der Waals surface area contributed by atoms with Gasteiger partial charge in [-0.15, -0.1) is 0 Å². The zero-order chi connectivity index (χ0) is 14.7. The zero-order valence-corrected chi connectivity index (χ0v) is 11.9. The Bertz CT molecular complexity index is 615. The molecule has 0 amide bonds. The van der Waals surface area contributed by atoms with Crippen LogP contribution < -0.4 is 4.74 Å². The molecule has 0 saturated heterocycles. The number of rotatable bonds is 3. The highest BCUT2D eigenvalue weighted by Gasteiger charge is 2.09. The number of methoxy groups -OCH3 is 1. The number of esters is 1. The number of benzene rings is 2. The predicted molar refractivity (Wildman–Crippen MR) is 76.0 cm³/mol. The van der Waals surface area contributed by atoms with Crippen LogP contribution in [0.1, 0.15) is 10.4 Å². The number of phenolic OH excluding ortho intramolecular Hbond substituents is 1. The Morgan fingerprint density at radius 1 is 1.05 bits per heavy atom. The lowest BCUT2D eigenvalue weighted by atomic mass is 10.2. The third-order valence-electron chi connectivity index (χ3n) is 2.50. The quantitative estimate of drug-likeness (QED) is 0.859. The maximum absolute atomic E-state index is 11.3. The van der Waals surface area contributed by atoms with Crippen molar-refractivity contribution in [2.24, 2.45) is 0 Å². The van der Waals surface area contributed by atoms with E-state index in [2.05, 4.69) is 4.74 Å². The van der Waals surface area contributed by atoms with Gasteiger partial charge in [0.2, 0.25) is 0 Å². The maximum atomic E-state index is 11.3. The van der Waals surface area contributed by atoms with Gasteiger partial charge in [-0.25, -0.2) is 4.79 Å². The number of phenols is 1. The van der Waals surface area contributed by atoms with Crippen LogP contribution >= 0.6 is 23.2 Å². The van der Waals surface area contributed by atoms with Crippen LogP contribution in [0.3, 0.4) is 0 Å². The molecular weight excluding hydrogens is 303 g/mol. The van der Waals surface area contributed by atoms with Crippen molar-refractivity contribution >= 4 is 29.2 Å². The van der Waals surface area contributed by atoms with Gasteiger partial charge in [-0.3, -0.25) is 0 Å². The number of hydrogen-bond donors (Lipinski definition) is 1. The summed E-state index contributed by atoms with van der Waals surface area (Å²) in [6.45, 7) is 0. The summed E-state index contributed by atoms with van der Waals surface area (Å²) in [4.78, 5) is 11.3. The minimum atomic E-state index is -0.424. The van der Waals surface area contributed by atoms with Gasteiger partial charge in [0.1, 0.15) is 11.5 Å². The van der Waals surface area contributed by atoms with E-state index >= 15 is 0 Å². The largest absolute Gasteiger partial charge is 0.505 e. The van der Waals surface area contributed by atoms with E-state index in [9.17, 15) is 9.90 Å². The van der Waals surface area contributed by atoms with E-state index in [0.29, 0.717) is 17.1 Å². The Kier molecular flexibility index (Phi) is 4.37. The first-order valence-electron chi connectivity index (χ1n) is 5.55. The first-order chi connectivity index (χ1) is 9.51. The fourth-order valence-corrected chi connectivity index (χ4v) is 1.98. The van der Waals surface area contributed by atoms with Gasteiger partial charge in [-0.2, -0.15) is 0 Å². The van der Waals surface area contributed by atoms with Crippen molar-refractivity contribution in [1.82, 2.24) is 0 Å². The molecule has 4 nitrogen and oxygen atoms in total. The Labute approximate surface area is 125 Å². The lowest BCUT2D eigenvalue weighted by Crippen LogP contribution is -2.00. The molecule has 0 heterocycles. The Morgan fingerprint density at radius 2 is 1.60 bits per heavy atom. The van der Waals surface area contributed by atoms with E-state index in [-0.39, 0.29) is 15.8 Å². The van der Waals surface area contributed by atoms with Crippen LogP contribution in [-0.2, 0) is 4.74 Å². The summed E-state index contributed by atoms with van der Waals surface area (Å²) in [5.74, 6) is 0.257. The lowest BCUT2D eigenvalue weighted by Gasteiger charge is -2.08. The van der Waals surface area contributed by atoms with Crippen molar-refractivity contribution in [3.8, 4) is 17.2 Å². The SMILES string of the molecule is COC(=O)c1ccc(Oc2cc(Cl)c(O)c(Cl)c2)cc1. The molecule has 2 aromatic carbocycles. The fraction of sp³-hybridized carbons (Fsp3) is 0.0714. The summed E-state index contributed by atoms with van der Waals surface area (Å²) in [5, 5.41) is 9.64. The van der Waals surface area contributed by atoms with Crippen molar-refractivity contribution in [2.75, 3.05) is 7.11 Å². The summed E-state index contributed by atoms with van der Waals surface area (Å²) in [6, 6.07) is 9.26. The highest BCUT2D eigenvalue weighted by molar-refractivity contribution is 6.37. The monoisotopic (exact) mass is 312 g/mol. The first-order valence-corrected chi connectivity index (χ1v) is 6.31. The molecular formula is C14H10Cl2O4. The second-order valence-corrected chi connectivity index (χ2v) is 4.67. The molecule has 104 valence electrons. The molecule has 0 unspecified atom stereocenters. The molecule has 0 aliphatic carbocycles. The highest BCUT2D eigenvalue weighted by Crippen LogP contribution is 2.37. The highest BCUT2D eigenvalue weighted by atomic mass is 35.5. The molecule has 0 aromatic heterocycles. The molecule has 20 heavy (non-hydrogen) atoms. The van der Waals surface area contributed by atoms with Gasteiger partial charge in [0.15, 0.2) is 5.75 Å². The topological polar surface area (TPSA) is 55.8 Å². The summed E-state index contributed by atoms with van der Waals surface area (Å²) < 4.78 is 10.1. The second kappa shape index (κ2) is 6.03. The van der Waals surface area contributed by atoms with Gasteiger partial charge in [0, 0.05) is 12.1 Å². The van der Waals surface area contributed by atoms with Crippen molar-refractivity contribution in [3.63, 3.8) is 0 Å². The summed E-state index contributed by atoms with van der Waals surface area (Å²) in [6.07, 6.45) is 0. The third kappa shape index (κ3) is 3.15. The molecule has 1 N–H and O–H groups in total. The molecule has 6 heteroatoms. The summed E-state index contributed by atoms with van der Waals surface area (Å²) in [5.41, 5.74) is 0.418. The molecule has 2 rings (SSSR count). The van der Waals surface area contributed by atoms with E-state index in [1.165, 1.54) is 19.2 Å². The van der Waals surface area contributed by atoms with E-state index in [1.54, 1.807) is 24.3 Å². The Balaban J connectivity index is 2.20.